The van der Waals surface area contributed by atoms with Gasteiger partial charge in [0.2, 0.25) is 0 Å². The summed E-state index contributed by atoms with van der Waals surface area (Å²) in [5, 5.41) is 9.08. The zero-order valence-corrected chi connectivity index (χ0v) is 18.4. The maximum atomic E-state index is 13.4. The molecular weight excluding hydrogens is 397 g/mol. The summed E-state index contributed by atoms with van der Waals surface area (Å²) >= 11 is 0. The van der Waals surface area contributed by atoms with Crippen molar-refractivity contribution in [2.75, 3.05) is 39.4 Å². The van der Waals surface area contributed by atoms with Gasteiger partial charge in [0.25, 0.3) is 5.56 Å². The van der Waals surface area contributed by atoms with E-state index in [0.29, 0.717) is 23.4 Å². The number of fused-ring (bicyclic) bond motifs is 1. The standard InChI is InChI=1S/C23H30FN5O2/c1-23(2,3)20-19-14-16(15-25-8-9-28-10-12-31-13-11-28)22(30)26-21(19)29(27-20)18-6-4-17(24)5-7-18/h4-7,14,25H,8-13,15H2,1-3H3,(H,26,30). The zero-order valence-electron chi connectivity index (χ0n) is 18.4. The molecule has 0 aliphatic carbocycles. The number of rotatable bonds is 6. The molecule has 0 spiro atoms. The summed E-state index contributed by atoms with van der Waals surface area (Å²) < 4.78 is 20.5. The number of hydrogen-bond donors (Lipinski definition) is 2. The molecule has 1 saturated heterocycles. The number of nitrogens with one attached hydrogen (secondary N) is 2. The molecule has 0 bridgehead atoms. The predicted molar refractivity (Wildman–Crippen MR) is 119 cm³/mol. The zero-order chi connectivity index (χ0) is 22.0. The van der Waals surface area contributed by atoms with Crippen LogP contribution >= 0.6 is 0 Å². The Bertz CT molecular complexity index is 1090. The van der Waals surface area contributed by atoms with Gasteiger partial charge in [-0.1, -0.05) is 20.8 Å². The smallest absolute Gasteiger partial charge is 0.254 e. The summed E-state index contributed by atoms with van der Waals surface area (Å²) in [5.74, 6) is -0.310. The van der Waals surface area contributed by atoms with Crippen molar-refractivity contribution in [3.8, 4) is 5.69 Å². The number of halogens is 1. The van der Waals surface area contributed by atoms with Gasteiger partial charge in [-0.3, -0.25) is 9.69 Å². The number of pyridine rings is 1. The van der Waals surface area contributed by atoms with Crippen molar-refractivity contribution in [1.82, 2.24) is 25.0 Å². The molecule has 2 N–H and O–H groups in total. The minimum atomic E-state index is -0.310. The van der Waals surface area contributed by atoms with Gasteiger partial charge in [0, 0.05) is 49.1 Å². The van der Waals surface area contributed by atoms with Gasteiger partial charge >= 0.3 is 0 Å². The number of morpholine rings is 1. The Hall–Kier alpha value is -2.55. The van der Waals surface area contributed by atoms with Gasteiger partial charge in [-0.2, -0.15) is 5.10 Å². The minimum Gasteiger partial charge on any atom is -0.379 e. The molecule has 0 saturated carbocycles. The van der Waals surface area contributed by atoms with E-state index in [-0.39, 0.29) is 16.8 Å². The molecule has 8 heteroatoms. The van der Waals surface area contributed by atoms with E-state index in [4.69, 9.17) is 9.84 Å². The molecule has 0 atom stereocenters. The monoisotopic (exact) mass is 427 g/mol. The van der Waals surface area contributed by atoms with Crippen LogP contribution in [0.3, 0.4) is 0 Å². The summed E-state index contributed by atoms with van der Waals surface area (Å²) in [6.45, 7) is 12.0. The van der Waals surface area contributed by atoms with E-state index in [2.05, 4.69) is 36.0 Å². The molecule has 166 valence electrons. The van der Waals surface area contributed by atoms with Crippen LogP contribution in [-0.4, -0.2) is 59.1 Å². The van der Waals surface area contributed by atoms with Crippen molar-refractivity contribution in [3.05, 3.63) is 57.8 Å². The second-order valence-electron chi connectivity index (χ2n) is 9.00. The third-order valence-corrected chi connectivity index (χ3v) is 5.57. The van der Waals surface area contributed by atoms with Gasteiger partial charge in [0.05, 0.1) is 24.6 Å². The van der Waals surface area contributed by atoms with Gasteiger partial charge < -0.3 is 15.0 Å². The third-order valence-electron chi connectivity index (χ3n) is 5.57. The average molecular weight is 428 g/mol. The molecule has 0 amide bonds. The summed E-state index contributed by atoms with van der Waals surface area (Å²) in [6, 6.07) is 8.04. The van der Waals surface area contributed by atoms with E-state index in [1.165, 1.54) is 12.1 Å². The maximum absolute atomic E-state index is 13.4. The molecule has 4 rings (SSSR count). The lowest BCUT2D eigenvalue weighted by Crippen LogP contribution is -2.40. The second kappa shape index (κ2) is 8.90. The fourth-order valence-electron chi connectivity index (χ4n) is 3.85. The Morgan fingerprint density at radius 2 is 1.90 bits per heavy atom. The van der Waals surface area contributed by atoms with Gasteiger partial charge in [-0.05, 0) is 30.3 Å². The van der Waals surface area contributed by atoms with Crippen LogP contribution in [-0.2, 0) is 16.7 Å². The van der Waals surface area contributed by atoms with E-state index >= 15 is 0 Å². The van der Waals surface area contributed by atoms with Crippen LogP contribution in [0.2, 0.25) is 0 Å². The maximum Gasteiger partial charge on any atom is 0.254 e. The Morgan fingerprint density at radius 3 is 2.58 bits per heavy atom. The van der Waals surface area contributed by atoms with Crippen LogP contribution in [0.15, 0.2) is 35.1 Å². The lowest BCUT2D eigenvalue weighted by atomic mass is 9.90. The van der Waals surface area contributed by atoms with Crippen LogP contribution in [0.1, 0.15) is 32.0 Å². The largest absolute Gasteiger partial charge is 0.379 e. The number of aromatic amines is 1. The van der Waals surface area contributed by atoms with Crippen LogP contribution in [0, 0.1) is 5.82 Å². The number of H-pyrrole nitrogens is 1. The Labute approximate surface area is 181 Å². The topological polar surface area (TPSA) is 75.2 Å². The van der Waals surface area contributed by atoms with Crippen molar-refractivity contribution < 1.29 is 9.13 Å². The van der Waals surface area contributed by atoms with Crippen LogP contribution in [0.5, 0.6) is 0 Å². The van der Waals surface area contributed by atoms with Crippen LogP contribution < -0.4 is 10.9 Å². The van der Waals surface area contributed by atoms with Gasteiger partial charge in [0.1, 0.15) is 11.5 Å². The quantitative estimate of drug-likeness (QED) is 0.592. The summed E-state index contributed by atoms with van der Waals surface area (Å²) in [7, 11) is 0. The molecule has 31 heavy (non-hydrogen) atoms. The molecule has 7 nitrogen and oxygen atoms in total. The highest BCUT2D eigenvalue weighted by molar-refractivity contribution is 5.81. The van der Waals surface area contributed by atoms with E-state index < -0.39 is 0 Å². The van der Waals surface area contributed by atoms with Crippen molar-refractivity contribution in [2.45, 2.75) is 32.7 Å². The van der Waals surface area contributed by atoms with Crippen LogP contribution in [0.4, 0.5) is 4.39 Å². The second-order valence-corrected chi connectivity index (χ2v) is 9.00. The fourth-order valence-corrected chi connectivity index (χ4v) is 3.85. The molecule has 3 heterocycles. The molecule has 1 aromatic carbocycles. The highest BCUT2D eigenvalue weighted by atomic mass is 19.1. The minimum absolute atomic E-state index is 0.143. The molecule has 1 aliphatic rings. The van der Waals surface area contributed by atoms with Crippen molar-refractivity contribution in [1.29, 1.82) is 0 Å². The lowest BCUT2D eigenvalue weighted by molar-refractivity contribution is 0.0384. The summed E-state index contributed by atoms with van der Waals surface area (Å²) in [4.78, 5) is 18.2. The van der Waals surface area contributed by atoms with Gasteiger partial charge in [0.15, 0.2) is 0 Å². The Balaban J connectivity index is 1.60. The first-order valence-electron chi connectivity index (χ1n) is 10.7. The molecule has 0 unspecified atom stereocenters. The molecule has 3 aromatic rings. The van der Waals surface area contributed by atoms with Crippen molar-refractivity contribution >= 4 is 11.0 Å². The number of hydrogen-bond acceptors (Lipinski definition) is 5. The fraction of sp³-hybridized carbons (Fsp3) is 0.478. The SMILES string of the molecule is CC(C)(C)c1nn(-c2ccc(F)cc2)c2[nH]c(=O)c(CNCCN3CCOCC3)cc12. The van der Waals surface area contributed by atoms with E-state index in [1.807, 2.05) is 6.07 Å². The highest BCUT2D eigenvalue weighted by Gasteiger charge is 2.24. The first-order valence-corrected chi connectivity index (χ1v) is 10.7. The third kappa shape index (κ3) is 4.87. The van der Waals surface area contributed by atoms with E-state index in [1.54, 1.807) is 16.8 Å². The molecule has 1 aliphatic heterocycles. The van der Waals surface area contributed by atoms with Gasteiger partial charge in [-0.15, -0.1) is 0 Å². The van der Waals surface area contributed by atoms with Gasteiger partial charge in [-0.25, -0.2) is 9.07 Å². The number of benzene rings is 1. The van der Waals surface area contributed by atoms with Crippen LogP contribution in [0.25, 0.3) is 16.7 Å². The molecule has 1 fully saturated rings. The number of aromatic nitrogens is 3. The number of nitrogens with zero attached hydrogens (tertiary/aromatic N) is 3. The number of ether oxygens (including phenoxy) is 1. The first kappa shape index (κ1) is 21.7. The summed E-state index contributed by atoms with van der Waals surface area (Å²) in [6.07, 6.45) is 0. The predicted octanol–water partition coefficient (Wildman–Crippen LogP) is 2.57. The average Bonchev–Trinajstić information content (AvgIpc) is 3.11. The first-order chi connectivity index (χ1) is 14.8. The summed E-state index contributed by atoms with van der Waals surface area (Å²) in [5.41, 5.74) is 2.53. The molecule has 2 aromatic heterocycles. The molecular formula is C23H30FN5O2. The van der Waals surface area contributed by atoms with Crippen molar-refractivity contribution in [2.24, 2.45) is 0 Å². The Kier molecular flexibility index (Phi) is 6.22. The van der Waals surface area contributed by atoms with E-state index in [9.17, 15) is 9.18 Å². The highest BCUT2D eigenvalue weighted by Crippen LogP contribution is 2.30. The normalized spacial score (nSPS) is 15.6. The lowest BCUT2D eigenvalue weighted by Gasteiger charge is -2.26. The van der Waals surface area contributed by atoms with E-state index in [0.717, 1.165) is 50.5 Å². The Morgan fingerprint density at radius 1 is 1.19 bits per heavy atom. The molecule has 0 radical (unpaired) electrons. The van der Waals surface area contributed by atoms with Crippen molar-refractivity contribution in [3.63, 3.8) is 0 Å².